The average Bonchev–Trinajstić information content (AvgIpc) is 2.84. The van der Waals surface area contributed by atoms with E-state index in [0.29, 0.717) is 12.1 Å². The lowest BCUT2D eigenvalue weighted by Crippen LogP contribution is -2.45. The highest BCUT2D eigenvalue weighted by Gasteiger charge is 2.42. The Bertz CT molecular complexity index is 1130. The molecule has 164 valence electrons. The van der Waals surface area contributed by atoms with Crippen LogP contribution in [0, 0.1) is 0 Å². The topological polar surface area (TPSA) is 67.9 Å². The van der Waals surface area contributed by atoms with Crippen LogP contribution in [0.5, 0.6) is 11.5 Å². The molecule has 1 N–H and O–H groups in total. The summed E-state index contributed by atoms with van der Waals surface area (Å²) >= 11 is 0. The number of carbonyl (C=O) groups excluding carboxylic acids is 2. The molecular formula is C26H26N2O4. The zero-order chi connectivity index (χ0) is 22.7. The molecule has 1 aliphatic heterocycles. The van der Waals surface area contributed by atoms with E-state index in [9.17, 15) is 9.59 Å². The summed E-state index contributed by atoms with van der Waals surface area (Å²) in [6.45, 7) is 0.328. The number of hydrogen-bond acceptors (Lipinski definition) is 4. The number of hydrogen-bond donors (Lipinski definition) is 1. The van der Waals surface area contributed by atoms with E-state index in [4.69, 9.17) is 9.47 Å². The van der Waals surface area contributed by atoms with E-state index >= 15 is 0 Å². The summed E-state index contributed by atoms with van der Waals surface area (Å²) in [5, 5.41) is 3.06. The molecule has 3 aromatic carbocycles. The van der Waals surface area contributed by atoms with Crippen LogP contribution in [0.15, 0.2) is 72.8 Å². The normalized spacial score (nSPS) is 17.5. The fourth-order valence-corrected chi connectivity index (χ4v) is 4.32. The third-order valence-electron chi connectivity index (χ3n) is 5.96. The fourth-order valence-electron chi connectivity index (χ4n) is 4.32. The fraction of sp³-hybridized carbons (Fsp3) is 0.231. The molecule has 6 heteroatoms. The van der Waals surface area contributed by atoms with Gasteiger partial charge in [0.15, 0.2) is 0 Å². The zero-order valence-corrected chi connectivity index (χ0v) is 18.4. The van der Waals surface area contributed by atoms with Crippen LogP contribution in [0.4, 0.5) is 0 Å². The number of para-hydroxylation sites is 1. The van der Waals surface area contributed by atoms with E-state index in [1.54, 1.807) is 32.2 Å². The molecule has 3 aromatic rings. The van der Waals surface area contributed by atoms with E-state index in [1.165, 1.54) is 0 Å². The molecule has 0 fully saturated rings. The van der Waals surface area contributed by atoms with Crippen LogP contribution in [0.3, 0.4) is 0 Å². The summed E-state index contributed by atoms with van der Waals surface area (Å²) < 4.78 is 10.7. The molecule has 0 aromatic heterocycles. The highest BCUT2D eigenvalue weighted by molar-refractivity contribution is 6.01. The van der Waals surface area contributed by atoms with E-state index in [1.807, 2.05) is 66.7 Å². The van der Waals surface area contributed by atoms with Gasteiger partial charge in [-0.3, -0.25) is 9.59 Å². The van der Waals surface area contributed by atoms with Gasteiger partial charge in [-0.1, -0.05) is 48.5 Å². The maximum absolute atomic E-state index is 13.6. The molecule has 4 rings (SSSR count). The maximum atomic E-state index is 13.6. The van der Waals surface area contributed by atoms with Crippen molar-refractivity contribution in [2.45, 2.75) is 18.5 Å². The van der Waals surface area contributed by atoms with Gasteiger partial charge in [-0.25, -0.2) is 0 Å². The van der Waals surface area contributed by atoms with Gasteiger partial charge in [-0.2, -0.15) is 0 Å². The molecule has 2 amide bonds. The third kappa shape index (κ3) is 3.91. The Morgan fingerprint density at radius 2 is 1.62 bits per heavy atom. The highest BCUT2D eigenvalue weighted by atomic mass is 16.5. The van der Waals surface area contributed by atoms with Crippen LogP contribution >= 0.6 is 0 Å². The van der Waals surface area contributed by atoms with Crippen LogP contribution in [0.2, 0.25) is 0 Å². The molecule has 0 aliphatic carbocycles. The minimum Gasteiger partial charge on any atom is -0.497 e. The van der Waals surface area contributed by atoms with Gasteiger partial charge < -0.3 is 19.7 Å². The van der Waals surface area contributed by atoms with E-state index < -0.39 is 12.0 Å². The maximum Gasteiger partial charge on any atom is 0.254 e. The van der Waals surface area contributed by atoms with Crippen molar-refractivity contribution in [3.05, 3.63) is 95.1 Å². The number of carbonyl (C=O) groups is 2. The third-order valence-corrected chi connectivity index (χ3v) is 5.96. The second kappa shape index (κ2) is 9.14. The Morgan fingerprint density at radius 1 is 0.938 bits per heavy atom. The number of nitrogens with one attached hydrogen (secondary N) is 1. The summed E-state index contributed by atoms with van der Waals surface area (Å²) in [5.41, 5.74) is 3.04. The molecule has 6 nitrogen and oxygen atoms in total. The predicted molar refractivity (Wildman–Crippen MR) is 122 cm³/mol. The van der Waals surface area contributed by atoms with Crippen LogP contribution < -0.4 is 14.8 Å². The summed E-state index contributed by atoms with van der Waals surface area (Å²) in [6.07, 6.45) is 0. The number of rotatable bonds is 6. The smallest absolute Gasteiger partial charge is 0.254 e. The van der Waals surface area contributed by atoms with Gasteiger partial charge in [0, 0.05) is 24.7 Å². The molecule has 0 saturated heterocycles. The molecule has 0 unspecified atom stereocenters. The van der Waals surface area contributed by atoms with Crippen molar-refractivity contribution < 1.29 is 19.1 Å². The monoisotopic (exact) mass is 430 g/mol. The van der Waals surface area contributed by atoms with Crippen molar-refractivity contribution in [3.63, 3.8) is 0 Å². The Balaban J connectivity index is 1.71. The van der Waals surface area contributed by atoms with Crippen LogP contribution in [0.1, 0.15) is 39.0 Å². The quantitative estimate of drug-likeness (QED) is 0.644. The van der Waals surface area contributed by atoms with Crippen molar-refractivity contribution in [1.82, 2.24) is 10.2 Å². The first-order valence-corrected chi connectivity index (χ1v) is 10.4. The number of methoxy groups -OCH3 is 2. The Kier molecular flexibility index (Phi) is 6.12. The first-order valence-electron chi connectivity index (χ1n) is 10.4. The summed E-state index contributed by atoms with van der Waals surface area (Å²) in [4.78, 5) is 28.3. The van der Waals surface area contributed by atoms with Gasteiger partial charge in [0.1, 0.15) is 11.5 Å². The first-order chi connectivity index (χ1) is 15.5. The van der Waals surface area contributed by atoms with E-state index in [2.05, 4.69) is 5.32 Å². The highest BCUT2D eigenvalue weighted by Crippen LogP contribution is 2.42. The second-order valence-electron chi connectivity index (χ2n) is 7.73. The average molecular weight is 431 g/mol. The number of benzene rings is 3. The number of ether oxygens (including phenoxy) is 2. The van der Waals surface area contributed by atoms with Crippen LogP contribution in [0.25, 0.3) is 0 Å². The van der Waals surface area contributed by atoms with Crippen molar-refractivity contribution in [1.29, 1.82) is 0 Å². The number of nitrogens with zero attached hydrogens (tertiary/aromatic N) is 1. The molecule has 0 spiro atoms. The van der Waals surface area contributed by atoms with Gasteiger partial charge in [0.2, 0.25) is 5.91 Å². The van der Waals surface area contributed by atoms with Crippen LogP contribution in [-0.4, -0.2) is 38.0 Å². The second-order valence-corrected chi connectivity index (χ2v) is 7.73. The van der Waals surface area contributed by atoms with Gasteiger partial charge in [-0.05, 0) is 35.4 Å². The Labute approximate surface area is 187 Å². The Hall–Kier alpha value is -3.80. The molecule has 2 atom stereocenters. The summed E-state index contributed by atoms with van der Waals surface area (Å²) in [7, 11) is 4.96. The van der Waals surface area contributed by atoms with Crippen LogP contribution in [-0.2, 0) is 11.3 Å². The van der Waals surface area contributed by atoms with Gasteiger partial charge in [0.25, 0.3) is 5.91 Å². The molecule has 0 bridgehead atoms. The number of amides is 2. The molecule has 0 saturated carbocycles. The lowest BCUT2D eigenvalue weighted by molar-refractivity contribution is -0.124. The van der Waals surface area contributed by atoms with Gasteiger partial charge in [-0.15, -0.1) is 0 Å². The molecule has 32 heavy (non-hydrogen) atoms. The number of likely N-dealkylation sites (N-methyl/N-ethyl adjacent to an activating group) is 1. The predicted octanol–water partition coefficient (Wildman–Crippen LogP) is 3.93. The lowest BCUT2D eigenvalue weighted by atomic mass is 9.79. The number of fused-ring (bicyclic) bond motifs is 1. The van der Waals surface area contributed by atoms with Crippen molar-refractivity contribution >= 4 is 11.8 Å². The van der Waals surface area contributed by atoms with Crippen molar-refractivity contribution in [2.75, 3.05) is 21.3 Å². The minimum atomic E-state index is -0.558. The van der Waals surface area contributed by atoms with Crippen molar-refractivity contribution in [2.24, 2.45) is 0 Å². The minimum absolute atomic E-state index is 0.102. The lowest BCUT2D eigenvalue weighted by Gasteiger charge is -2.39. The van der Waals surface area contributed by atoms with Crippen molar-refractivity contribution in [3.8, 4) is 11.5 Å². The Morgan fingerprint density at radius 3 is 2.34 bits per heavy atom. The molecular weight excluding hydrogens is 404 g/mol. The standard InChI is InChI=1S/C26H26N2O4/c1-28-24(17-12-14-19(31-2)15-13-17)23(20-9-5-6-10-21(20)26(28)30)25(29)27-16-18-8-4-7-11-22(18)32-3/h4-15,23-24H,16H2,1-3H3,(H,27,29)/t23-,24-/m1/s1. The first kappa shape index (κ1) is 21.4. The van der Waals surface area contributed by atoms with Gasteiger partial charge in [0.05, 0.1) is 26.2 Å². The van der Waals surface area contributed by atoms with E-state index in [0.717, 1.165) is 28.2 Å². The zero-order valence-electron chi connectivity index (χ0n) is 18.4. The largest absolute Gasteiger partial charge is 0.497 e. The van der Waals surface area contributed by atoms with Gasteiger partial charge >= 0.3 is 0 Å². The molecule has 1 heterocycles. The van der Waals surface area contributed by atoms with E-state index in [-0.39, 0.29) is 11.8 Å². The summed E-state index contributed by atoms with van der Waals surface area (Å²) in [6, 6.07) is 22.0. The SMILES string of the molecule is COc1ccc([C@@H]2[C@H](C(=O)NCc3ccccc3OC)c3ccccc3C(=O)N2C)cc1. The molecule has 1 aliphatic rings. The molecule has 0 radical (unpaired) electrons. The summed E-state index contributed by atoms with van der Waals surface area (Å²) in [5.74, 6) is 0.627.